The summed E-state index contributed by atoms with van der Waals surface area (Å²) < 4.78 is 10.4. The summed E-state index contributed by atoms with van der Waals surface area (Å²) in [6.45, 7) is 1.86. The Morgan fingerprint density at radius 1 is 0.939 bits per heavy atom. The summed E-state index contributed by atoms with van der Waals surface area (Å²) >= 11 is 0. The number of carbonyl (C=O) groups is 1. The van der Waals surface area contributed by atoms with E-state index in [0.717, 1.165) is 17.1 Å². The molecule has 1 amide bonds. The van der Waals surface area contributed by atoms with Crippen LogP contribution in [-0.4, -0.2) is 66.3 Å². The Hall–Kier alpha value is -4.21. The van der Waals surface area contributed by atoms with E-state index in [1.807, 2.05) is 47.4 Å². The maximum absolute atomic E-state index is 13.1. The lowest BCUT2D eigenvalue weighted by molar-refractivity contribution is -0.385. The molecule has 0 bridgehead atoms. The van der Waals surface area contributed by atoms with Crippen LogP contribution in [0.5, 0.6) is 11.5 Å². The number of methoxy groups -OCH3 is 2. The molecule has 0 aliphatic carbocycles. The lowest BCUT2D eigenvalue weighted by Crippen LogP contribution is -2.49. The van der Waals surface area contributed by atoms with Gasteiger partial charge in [-0.05, 0) is 12.1 Å². The fraction of sp³-hybridized carbons (Fsp3) is 0.261. The standard InChI is InChI=1S/C23H23N5O5/c1-32-20-14-17(19(28(30)31)15-21(20)33-2)23(29)27-12-10-26(11-13-27)22-9-8-18(24-25-22)16-6-4-3-5-7-16/h3-9,14-15H,10-13H2,1-2H3. The Balaban J connectivity index is 1.47. The number of aromatic nitrogens is 2. The van der Waals surface area contributed by atoms with Gasteiger partial charge in [0.1, 0.15) is 5.56 Å². The summed E-state index contributed by atoms with van der Waals surface area (Å²) in [7, 11) is 2.80. The topological polar surface area (TPSA) is 111 Å². The fourth-order valence-corrected chi connectivity index (χ4v) is 3.76. The van der Waals surface area contributed by atoms with E-state index in [9.17, 15) is 14.9 Å². The third-order valence-electron chi connectivity index (χ3n) is 5.54. The number of piperazine rings is 1. The smallest absolute Gasteiger partial charge is 0.286 e. The molecular weight excluding hydrogens is 426 g/mol. The van der Waals surface area contributed by atoms with E-state index in [-0.39, 0.29) is 22.7 Å². The lowest BCUT2D eigenvalue weighted by Gasteiger charge is -2.35. The first-order valence-corrected chi connectivity index (χ1v) is 10.4. The summed E-state index contributed by atoms with van der Waals surface area (Å²) in [6, 6.07) is 16.2. The second-order valence-corrected chi connectivity index (χ2v) is 7.40. The molecule has 2 heterocycles. The number of amides is 1. The fourth-order valence-electron chi connectivity index (χ4n) is 3.76. The molecule has 10 nitrogen and oxygen atoms in total. The molecule has 0 spiro atoms. The van der Waals surface area contributed by atoms with Crippen LogP contribution < -0.4 is 14.4 Å². The largest absolute Gasteiger partial charge is 0.493 e. The van der Waals surface area contributed by atoms with Gasteiger partial charge in [-0.25, -0.2) is 0 Å². The molecule has 1 aliphatic rings. The predicted octanol–water partition coefficient (Wildman–Crippen LogP) is 3.03. The number of hydrogen-bond donors (Lipinski definition) is 0. The average Bonchev–Trinajstić information content (AvgIpc) is 2.88. The molecule has 3 aromatic rings. The summed E-state index contributed by atoms with van der Waals surface area (Å²) in [5.74, 6) is 0.758. The van der Waals surface area contributed by atoms with Crippen LogP contribution in [0.25, 0.3) is 11.3 Å². The van der Waals surface area contributed by atoms with Crippen LogP contribution in [0.2, 0.25) is 0 Å². The first-order valence-electron chi connectivity index (χ1n) is 10.4. The number of nitro groups is 1. The zero-order valence-corrected chi connectivity index (χ0v) is 18.3. The first kappa shape index (κ1) is 22.0. The average molecular weight is 449 g/mol. The van der Waals surface area contributed by atoms with Crippen LogP contribution in [-0.2, 0) is 0 Å². The van der Waals surface area contributed by atoms with Gasteiger partial charge in [0, 0.05) is 37.8 Å². The van der Waals surface area contributed by atoms with Gasteiger partial charge in [-0.2, -0.15) is 0 Å². The highest BCUT2D eigenvalue weighted by Crippen LogP contribution is 2.35. The van der Waals surface area contributed by atoms with Crippen molar-refractivity contribution in [3.63, 3.8) is 0 Å². The van der Waals surface area contributed by atoms with Crippen molar-refractivity contribution in [1.29, 1.82) is 0 Å². The van der Waals surface area contributed by atoms with Crippen molar-refractivity contribution in [2.75, 3.05) is 45.3 Å². The van der Waals surface area contributed by atoms with E-state index in [2.05, 4.69) is 10.2 Å². The molecule has 10 heteroatoms. The number of anilines is 1. The summed E-state index contributed by atoms with van der Waals surface area (Å²) in [4.78, 5) is 27.7. The van der Waals surface area contributed by atoms with E-state index in [1.54, 1.807) is 4.90 Å². The van der Waals surface area contributed by atoms with Gasteiger partial charge in [-0.15, -0.1) is 10.2 Å². The van der Waals surface area contributed by atoms with Crippen molar-refractivity contribution in [1.82, 2.24) is 15.1 Å². The van der Waals surface area contributed by atoms with Crippen molar-refractivity contribution in [2.24, 2.45) is 0 Å². The number of rotatable bonds is 6. The van der Waals surface area contributed by atoms with Crippen molar-refractivity contribution in [3.8, 4) is 22.8 Å². The molecule has 33 heavy (non-hydrogen) atoms. The van der Waals surface area contributed by atoms with Crippen LogP contribution >= 0.6 is 0 Å². The Kier molecular flexibility index (Phi) is 6.34. The molecule has 1 fully saturated rings. The molecule has 4 rings (SSSR count). The molecule has 1 aliphatic heterocycles. The van der Waals surface area contributed by atoms with Crippen molar-refractivity contribution < 1.29 is 19.2 Å². The zero-order chi connectivity index (χ0) is 23.4. The van der Waals surface area contributed by atoms with Gasteiger partial charge < -0.3 is 19.3 Å². The van der Waals surface area contributed by atoms with Crippen molar-refractivity contribution in [2.45, 2.75) is 0 Å². The first-order chi connectivity index (χ1) is 16.0. The van der Waals surface area contributed by atoms with Crippen molar-refractivity contribution >= 4 is 17.4 Å². The summed E-state index contributed by atoms with van der Waals surface area (Å²) in [6.07, 6.45) is 0. The SMILES string of the molecule is COc1cc(C(=O)N2CCN(c3ccc(-c4ccccc4)nn3)CC2)c([N+](=O)[O-])cc1OC. The van der Waals surface area contributed by atoms with Crippen LogP contribution in [0.15, 0.2) is 54.6 Å². The molecule has 1 saturated heterocycles. The zero-order valence-electron chi connectivity index (χ0n) is 18.3. The van der Waals surface area contributed by atoms with Crippen LogP contribution in [0.1, 0.15) is 10.4 Å². The van der Waals surface area contributed by atoms with Gasteiger partial charge in [-0.3, -0.25) is 14.9 Å². The quantitative estimate of drug-likeness (QED) is 0.417. The van der Waals surface area contributed by atoms with E-state index in [4.69, 9.17) is 9.47 Å². The van der Waals surface area contributed by atoms with Gasteiger partial charge >= 0.3 is 0 Å². The Morgan fingerprint density at radius 3 is 2.18 bits per heavy atom. The minimum absolute atomic E-state index is 0.0295. The Morgan fingerprint density at radius 2 is 1.61 bits per heavy atom. The van der Waals surface area contributed by atoms with Gasteiger partial charge in [0.05, 0.1) is 30.9 Å². The van der Waals surface area contributed by atoms with Gasteiger partial charge in [0.25, 0.3) is 11.6 Å². The van der Waals surface area contributed by atoms with E-state index >= 15 is 0 Å². The predicted molar refractivity (Wildman–Crippen MR) is 122 cm³/mol. The third-order valence-corrected chi connectivity index (χ3v) is 5.54. The second kappa shape index (κ2) is 9.51. The molecule has 0 unspecified atom stereocenters. The molecular formula is C23H23N5O5. The third kappa shape index (κ3) is 4.54. The molecule has 1 aromatic heterocycles. The number of benzene rings is 2. The molecule has 0 atom stereocenters. The molecule has 0 N–H and O–H groups in total. The van der Waals surface area contributed by atoms with Gasteiger partial charge in [-0.1, -0.05) is 30.3 Å². The minimum atomic E-state index is -0.588. The lowest BCUT2D eigenvalue weighted by atomic mass is 10.1. The highest BCUT2D eigenvalue weighted by Gasteiger charge is 2.30. The van der Waals surface area contributed by atoms with Crippen molar-refractivity contribution in [3.05, 3.63) is 70.3 Å². The number of ether oxygens (including phenoxy) is 2. The van der Waals surface area contributed by atoms with Gasteiger partial charge in [0.2, 0.25) is 0 Å². The van der Waals surface area contributed by atoms with Gasteiger partial charge in [0.15, 0.2) is 17.3 Å². The number of hydrogen-bond acceptors (Lipinski definition) is 8. The summed E-state index contributed by atoms with van der Waals surface area (Å²) in [5.41, 5.74) is 1.43. The van der Waals surface area contributed by atoms with Crippen LogP contribution in [0.4, 0.5) is 11.5 Å². The monoisotopic (exact) mass is 449 g/mol. The number of nitrogens with zero attached hydrogens (tertiary/aromatic N) is 5. The summed E-state index contributed by atoms with van der Waals surface area (Å²) in [5, 5.41) is 20.2. The number of carbonyl (C=O) groups excluding carboxylic acids is 1. The maximum atomic E-state index is 13.1. The molecule has 170 valence electrons. The Labute approximate surface area is 190 Å². The highest BCUT2D eigenvalue weighted by atomic mass is 16.6. The number of nitro benzene ring substituents is 1. The minimum Gasteiger partial charge on any atom is -0.493 e. The maximum Gasteiger partial charge on any atom is 0.286 e. The molecule has 2 aromatic carbocycles. The Bertz CT molecular complexity index is 1150. The normalized spacial score (nSPS) is 13.5. The van der Waals surface area contributed by atoms with Crippen LogP contribution in [0.3, 0.4) is 0 Å². The van der Waals surface area contributed by atoms with E-state index in [1.165, 1.54) is 26.4 Å². The van der Waals surface area contributed by atoms with Crippen LogP contribution in [0, 0.1) is 10.1 Å². The molecule has 0 saturated carbocycles. The second-order valence-electron chi connectivity index (χ2n) is 7.40. The van der Waals surface area contributed by atoms with E-state index < -0.39 is 10.8 Å². The highest BCUT2D eigenvalue weighted by molar-refractivity contribution is 5.99. The van der Waals surface area contributed by atoms with E-state index in [0.29, 0.717) is 26.2 Å². The molecule has 0 radical (unpaired) electrons.